The minimum absolute atomic E-state index is 0.00541. The minimum Gasteiger partial charge on any atom is -0.502 e. The summed E-state index contributed by atoms with van der Waals surface area (Å²) in [4.78, 5) is 25.9. The highest BCUT2D eigenvalue weighted by atomic mass is 19.2. The molecule has 0 spiro atoms. The Balaban J connectivity index is 0.000000336. The van der Waals surface area contributed by atoms with E-state index < -0.39 is 28.7 Å². The van der Waals surface area contributed by atoms with Crippen LogP contribution in [0.1, 0.15) is 21.6 Å². The zero-order valence-corrected chi connectivity index (χ0v) is 18.4. The second-order valence-corrected chi connectivity index (χ2v) is 7.84. The number of nitrogens with zero attached hydrogens (tertiary/aromatic N) is 3. The van der Waals surface area contributed by atoms with Gasteiger partial charge in [-0.05, 0) is 19.1 Å². The van der Waals surface area contributed by atoms with Crippen LogP contribution in [0.5, 0.6) is 11.5 Å². The fraction of sp³-hybridized carbons (Fsp3) is 0.200. The molecule has 0 aliphatic carbocycles. The largest absolute Gasteiger partial charge is 0.502 e. The van der Waals surface area contributed by atoms with E-state index in [4.69, 9.17) is 4.74 Å². The summed E-state index contributed by atoms with van der Waals surface area (Å²) in [6, 6.07) is 13.8. The van der Waals surface area contributed by atoms with Gasteiger partial charge in [-0.2, -0.15) is 4.39 Å². The molecule has 2 aliphatic heterocycles. The van der Waals surface area contributed by atoms with Crippen molar-refractivity contribution in [2.75, 3.05) is 24.8 Å². The first-order valence-corrected chi connectivity index (χ1v) is 10.6. The van der Waals surface area contributed by atoms with Gasteiger partial charge in [0.25, 0.3) is 5.91 Å². The van der Waals surface area contributed by atoms with Crippen molar-refractivity contribution in [3.63, 3.8) is 0 Å². The fourth-order valence-electron chi connectivity index (χ4n) is 3.68. The molecule has 9 heteroatoms. The molecule has 5 rings (SSSR count). The summed E-state index contributed by atoms with van der Waals surface area (Å²) in [7, 11) is 0. The third-order valence-electron chi connectivity index (χ3n) is 5.42. The van der Waals surface area contributed by atoms with E-state index in [1.54, 1.807) is 17.2 Å². The number of fused-ring (bicyclic) bond motifs is 5. The molecule has 2 aromatic carbocycles. The summed E-state index contributed by atoms with van der Waals surface area (Å²) in [5.41, 5.74) is 0.838. The monoisotopic (exact) mass is 467 g/mol. The Hall–Kier alpha value is -4.14. The number of carbonyl (C=O) groups is 1. The fourth-order valence-corrected chi connectivity index (χ4v) is 3.68. The van der Waals surface area contributed by atoms with E-state index in [-0.39, 0.29) is 37.8 Å². The van der Waals surface area contributed by atoms with Crippen molar-refractivity contribution in [2.45, 2.75) is 13.5 Å². The molecular formula is C25H23F2N3O4. The molecule has 2 bridgehead atoms. The van der Waals surface area contributed by atoms with Crippen molar-refractivity contribution in [3.8, 4) is 11.5 Å². The molecule has 0 radical (unpaired) electrons. The van der Waals surface area contributed by atoms with Crippen LogP contribution in [-0.4, -0.2) is 40.4 Å². The maximum absolute atomic E-state index is 14.2. The van der Waals surface area contributed by atoms with E-state index >= 15 is 0 Å². The smallest absolute Gasteiger partial charge is 0.278 e. The molecule has 1 amide bonds. The van der Waals surface area contributed by atoms with Crippen LogP contribution in [0, 0.1) is 18.6 Å². The first-order valence-electron chi connectivity index (χ1n) is 10.6. The lowest BCUT2D eigenvalue weighted by Crippen LogP contribution is -2.53. The maximum atomic E-state index is 14.2. The zero-order chi connectivity index (χ0) is 24.2. The SMILES string of the molecule is Cc1ccccc1.O=C1c2c(O)c(=O)ccn2N2Cc3ccc(F)c(F)c3OC/C=C\CN1C2. The van der Waals surface area contributed by atoms with Crippen molar-refractivity contribution >= 4 is 5.91 Å². The van der Waals surface area contributed by atoms with Crippen molar-refractivity contribution < 1.29 is 23.4 Å². The van der Waals surface area contributed by atoms with Crippen LogP contribution < -0.4 is 15.2 Å². The average Bonchev–Trinajstić information content (AvgIpc) is 2.86. The van der Waals surface area contributed by atoms with Crippen LogP contribution in [0.2, 0.25) is 0 Å². The molecule has 3 aromatic rings. The number of aromatic hydroxyl groups is 1. The van der Waals surface area contributed by atoms with Crippen molar-refractivity contribution in [1.29, 1.82) is 0 Å². The minimum atomic E-state index is -1.09. The molecule has 2 aliphatic rings. The summed E-state index contributed by atoms with van der Waals surface area (Å²) in [6.07, 6.45) is 4.60. The number of benzene rings is 2. The third-order valence-corrected chi connectivity index (χ3v) is 5.42. The molecule has 0 unspecified atom stereocenters. The van der Waals surface area contributed by atoms with Crippen LogP contribution in [0.25, 0.3) is 0 Å². The Kier molecular flexibility index (Phi) is 6.62. The molecule has 3 heterocycles. The highest BCUT2D eigenvalue weighted by molar-refractivity contribution is 5.96. The second-order valence-electron chi connectivity index (χ2n) is 7.84. The number of aryl methyl sites for hydroxylation is 1. The predicted octanol–water partition coefficient (Wildman–Crippen LogP) is 3.33. The van der Waals surface area contributed by atoms with Crippen molar-refractivity contribution in [2.24, 2.45) is 0 Å². The first kappa shape index (κ1) is 23.0. The normalized spacial score (nSPS) is 15.7. The average molecular weight is 467 g/mol. The molecule has 0 fully saturated rings. The summed E-state index contributed by atoms with van der Waals surface area (Å²) in [6.45, 7) is 2.47. The number of carbonyl (C=O) groups excluding carboxylic acids is 1. The maximum Gasteiger partial charge on any atom is 0.278 e. The second kappa shape index (κ2) is 9.78. The number of amides is 1. The van der Waals surface area contributed by atoms with Gasteiger partial charge >= 0.3 is 0 Å². The third kappa shape index (κ3) is 4.63. The van der Waals surface area contributed by atoms with Gasteiger partial charge in [-0.3, -0.25) is 19.3 Å². The van der Waals surface area contributed by atoms with Crippen LogP contribution in [-0.2, 0) is 6.54 Å². The van der Waals surface area contributed by atoms with E-state index in [2.05, 4.69) is 19.1 Å². The Morgan fingerprint density at radius 1 is 1.00 bits per heavy atom. The number of hydrogen-bond donors (Lipinski definition) is 1. The van der Waals surface area contributed by atoms with E-state index in [1.807, 2.05) is 18.2 Å². The molecule has 7 nitrogen and oxygen atoms in total. The Morgan fingerprint density at radius 2 is 1.76 bits per heavy atom. The molecule has 0 atom stereocenters. The predicted molar refractivity (Wildman–Crippen MR) is 122 cm³/mol. The number of pyridine rings is 1. The topological polar surface area (TPSA) is 75.0 Å². The van der Waals surface area contributed by atoms with Gasteiger partial charge in [0.05, 0.1) is 6.54 Å². The summed E-state index contributed by atoms with van der Waals surface area (Å²) < 4.78 is 34.6. The Morgan fingerprint density at radius 3 is 2.47 bits per heavy atom. The van der Waals surface area contributed by atoms with Gasteiger partial charge < -0.3 is 14.7 Å². The molecule has 1 N–H and O–H groups in total. The van der Waals surface area contributed by atoms with Crippen LogP contribution in [0.4, 0.5) is 8.78 Å². The Bertz CT molecular complexity index is 1290. The lowest BCUT2D eigenvalue weighted by molar-refractivity contribution is 0.0706. The lowest BCUT2D eigenvalue weighted by Gasteiger charge is -2.39. The van der Waals surface area contributed by atoms with Crippen molar-refractivity contribution in [3.05, 3.63) is 106 Å². The summed E-state index contributed by atoms with van der Waals surface area (Å²) in [5, 5.41) is 11.7. The first-order chi connectivity index (χ1) is 16.4. The van der Waals surface area contributed by atoms with E-state index in [0.29, 0.717) is 5.56 Å². The number of ether oxygens (including phenoxy) is 1. The van der Waals surface area contributed by atoms with Crippen molar-refractivity contribution in [1.82, 2.24) is 9.58 Å². The van der Waals surface area contributed by atoms with Gasteiger partial charge in [-0.1, -0.05) is 48.0 Å². The standard InChI is InChI=1S/C18H15F2N3O4.C7H8/c19-12-4-3-11-9-22-10-21(6-1-2-8-27-17(11)14(12)20)18(26)15-16(25)13(24)5-7-23(15)22;1-7-5-3-2-4-6-7/h1-5,7,25H,6,8-10H2;2-6H,1H3/b2-1-;. The van der Waals surface area contributed by atoms with Crippen LogP contribution in [0.3, 0.4) is 0 Å². The number of halogens is 2. The van der Waals surface area contributed by atoms with E-state index in [0.717, 1.165) is 12.1 Å². The van der Waals surface area contributed by atoms with E-state index in [9.17, 15) is 23.5 Å². The molecular weight excluding hydrogens is 444 g/mol. The molecule has 1 aromatic heterocycles. The number of rotatable bonds is 0. The summed E-state index contributed by atoms with van der Waals surface area (Å²) in [5.74, 6) is -3.48. The van der Waals surface area contributed by atoms with E-state index in [1.165, 1.54) is 27.4 Å². The van der Waals surface area contributed by atoms with Gasteiger partial charge in [0.15, 0.2) is 23.0 Å². The zero-order valence-electron chi connectivity index (χ0n) is 18.4. The Labute approximate surface area is 194 Å². The molecule has 0 saturated heterocycles. The number of hydrogen-bond acceptors (Lipinski definition) is 5. The van der Waals surface area contributed by atoms with Crippen LogP contribution in [0.15, 0.2) is 71.7 Å². The highest BCUT2D eigenvalue weighted by Crippen LogP contribution is 2.28. The van der Waals surface area contributed by atoms with Gasteiger partial charge in [0, 0.05) is 24.4 Å². The number of aromatic nitrogens is 1. The van der Waals surface area contributed by atoms with Gasteiger partial charge in [0.1, 0.15) is 13.3 Å². The highest BCUT2D eigenvalue weighted by Gasteiger charge is 2.32. The molecule has 34 heavy (non-hydrogen) atoms. The molecule has 176 valence electrons. The van der Waals surface area contributed by atoms with Gasteiger partial charge in [0.2, 0.25) is 11.2 Å². The van der Waals surface area contributed by atoms with Crippen LogP contribution >= 0.6 is 0 Å². The van der Waals surface area contributed by atoms with Gasteiger partial charge in [-0.15, -0.1) is 0 Å². The molecule has 0 saturated carbocycles. The summed E-state index contributed by atoms with van der Waals surface area (Å²) >= 11 is 0. The van der Waals surface area contributed by atoms with Gasteiger partial charge in [-0.25, -0.2) is 4.39 Å². The quantitative estimate of drug-likeness (QED) is 0.514. The lowest BCUT2D eigenvalue weighted by atomic mass is 10.1.